The second-order valence-electron chi connectivity index (χ2n) is 4.70. The summed E-state index contributed by atoms with van der Waals surface area (Å²) in [6.07, 6.45) is 0. The van der Waals surface area contributed by atoms with Gasteiger partial charge < -0.3 is 5.11 Å². The van der Waals surface area contributed by atoms with E-state index in [1.54, 1.807) is 0 Å². The largest absolute Gasteiger partial charge is 0.508 e. The number of hydrogen-bond acceptors (Lipinski definition) is 1. The van der Waals surface area contributed by atoms with E-state index in [1.165, 1.54) is 22.3 Å². The quantitative estimate of drug-likeness (QED) is 0.769. The third-order valence-electron chi connectivity index (χ3n) is 3.44. The van der Waals surface area contributed by atoms with Crippen LogP contribution in [0.1, 0.15) is 22.3 Å². The number of phenolic OH excluding ortho intramolecular Hbond substituents is 1. The summed E-state index contributed by atoms with van der Waals surface area (Å²) in [6.45, 7) is 8.24. The van der Waals surface area contributed by atoms with Crippen LogP contribution in [0.5, 0.6) is 5.75 Å². The third-order valence-corrected chi connectivity index (χ3v) is 3.44. The zero-order chi connectivity index (χ0) is 12.6. The summed E-state index contributed by atoms with van der Waals surface area (Å²) in [4.78, 5) is 0. The van der Waals surface area contributed by atoms with Crippen LogP contribution in [0, 0.1) is 27.7 Å². The van der Waals surface area contributed by atoms with E-state index in [2.05, 4.69) is 38.1 Å². The molecule has 0 aliphatic heterocycles. The zero-order valence-electron chi connectivity index (χ0n) is 10.8. The lowest BCUT2D eigenvalue weighted by molar-refractivity contribution is 0.471. The second kappa shape index (κ2) is 4.25. The lowest BCUT2D eigenvalue weighted by atomic mass is 9.92. The number of hydrogen-bond donors (Lipinski definition) is 1. The van der Waals surface area contributed by atoms with Crippen molar-refractivity contribution in [3.63, 3.8) is 0 Å². The molecule has 0 saturated heterocycles. The van der Waals surface area contributed by atoms with E-state index in [-0.39, 0.29) is 0 Å². The smallest absolute Gasteiger partial charge is 0.118 e. The number of aryl methyl sites for hydroxylation is 3. The predicted octanol–water partition coefficient (Wildman–Crippen LogP) is 4.29. The molecule has 0 unspecified atom stereocenters. The summed E-state index contributed by atoms with van der Waals surface area (Å²) in [5.41, 5.74) is 7.11. The minimum Gasteiger partial charge on any atom is -0.508 e. The molecule has 0 saturated carbocycles. The Morgan fingerprint density at radius 2 is 1.47 bits per heavy atom. The van der Waals surface area contributed by atoms with Gasteiger partial charge in [0.2, 0.25) is 0 Å². The van der Waals surface area contributed by atoms with Crippen LogP contribution in [0.2, 0.25) is 0 Å². The molecule has 2 rings (SSSR count). The van der Waals surface area contributed by atoms with Crippen molar-refractivity contribution in [3.05, 3.63) is 52.6 Å². The molecule has 0 spiro atoms. The Kier molecular flexibility index (Phi) is 2.93. The van der Waals surface area contributed by atoms with Crippen molar-refractivity contribution in [2.24, 2.45) is 0 Å². The molecule has 0 aliphatic rings. The van der Waals surface area contributed by atoms with E-state index in [0.29, 0.717) is 5.75 Å². The number of benzene rings is 2. The summed E-state index contributed by atoms with van der Waals surface area (Å²) in [5.74, 6) is 0.372. The highest BCUT2D eigenvalue weighted by Crippen LogP contribution is 2.32. The molecule has 0 amide bonds. The molecule has 0 fully saturated rings. The van der Waals surface area contributed by atoms with Crippen molar-refractivity contribution in [2.75, 3.05) is 0 Å². The first kappa shape index (κ1) is 11.7. The van der Waals surface area contributed by atoms with Gasteiger partial charge in [0.05, 0.1) is 0 Å². The fraction of sp³-hybridized carbons (Fsp3) is 0.250. The molecule has 2 aromatic rings. The van der Waals surface area contributed by atoms with E-state index in [1.807, 2.05) is 19.9 Å². The highest BCUT2D eigenvalue weighted by atomic mass is 16.3. The monoisotopic (exact) mass is 226 g/mol. The van der Waals surface area contributed by atoms with Crippen LogP contribution in [0.3, 0.4) is 0 Å². The van der Waals surface area contributed by atoms with Crippen molar-refractivity contribution in [1.82, 2.24) is 0 Å². The average molecular weight is 226 g/mol. The Bertz CT molecular complexity index is 568. The SMILES string of the molecule is Cc1cc(-c2cccc(C)c2C)c(C)cc1O. The van der Waals surface area contributed by atoms with Crippen molar-refractivity contribution in [2.45, 2.75) is 27.7 Å². The highest BCUT2D eigenvalue weighted by Gasteiger charge is 2.08. The summed E-state index contributed by atoms with van der Waals surface area (Å²) < 4.78 is 0. The van der Waals surface area contributed by atoms with Crippen molar-refractivity contribution >= 4 is 0 Å². The van der Waals surface area contributed by atoms with Gasteiger partial charge in [-0.2, -0.15) is 0 Å². The molecule has 0 radical (unpaired) electrons. The maximum atomic E-state index is 9.70. The van der Waals surface area contributed by atoms with Crippen LogP contribution in [0.4, 0.5) is 0 Å². The first-order valence-electron chi connectivity index (χ1n) is 5.87. The van der Waals surface area contributed by atoms with Gasteiger partial charge in [-0.1, -0.05) is 18.2 Å². The molecule has 0 heterocycles. The molecule has 17 heavy (non-hydrogen) atoms. The fourth-order valence-corrected chi connectivity index (χ4v) is 2.13. The standard InChI is InChI=1S/C16H18O/c1-10-6-5-7-14(13(10)4)15-8-12(3)16(17)9-11(15)2/h5-9,17H,1-4H3. The molecule has 1 nitrogen and oxygen atoms in total. The van der Waals surface area contributed by atoms with E-state index in [9.17, 15) is 5.11 Å². The molecular weight excluding hydrogens is 208 g/mol. The van der Waals surface area contributed by atoms with Gasteiger partial charge in [-0.3, -0.25) is 0 Å². The molecule has 88 valence electrons. The number of aromatic hydroxyl groups is 1. The van der Waals surface area contributed by atoms with Gasteiger partial charge in [0.15, 0.2) is 0 Å². The second-order valence-corrected chi connectivity index (χ2v) is 4.70. The van der Waals surface area contributed by atoms with Gasteiger partial charge in [-0.05, 0) is 73.2 Å². The Labute approximate surface area is 103 Å². The first-order valence-corrected chi connectivity index (χ1v) is 5.87. The summed E-state index contributed by atoms with van der Waals surface area (Å²) in [7, 11) is 0. The predicted molar refractivity (Wildman–Crippen MR) is 72.5 cm³/mol. The van der Waals surface area contributed by atoms with Crippen molar-refractivity contribution in [3.8, 4) is 16.9 Å². The summed E-state index contributed by atoms with van der Waals surface area (Å²) >= 11 is 0. The minimum atomic E-state index is 0.372. The van der Waals surface area contributed by atoms with Crippen LogP contribution in [-0.4, -0.2) is 5.11 Å². The van der Waals surface area contributed by atoms with E-state index >= 15 is 0 Å². The Balaban J connectivity index is 2.69. The lowest BCUT2D eigenvalue weighted by Crippen LogP contribution is -1.91. The maximum absolute atomic E-state index is 9.70. The number of phenols is 1. The van der Waals surface area contributed by atoms with Crippen LogP contribution in [0.25, 0.3) is 11.1 Å². The zero-order valence-corrected chi connectivity index (χ0v) is 10.8. The van der Waals surface area contributed by atoms with Gasteiger partial charge in [-0.15, -0.1) is 0 Å². The normalized spacial score (nSPS) is 10.6. The van der Waals surface area contributed by atoms with Gasteiger partial charge in [-0.25, -0.2) is 0 Å². The first-order chi connectivity index (χ1) is 8.00. The van der Waals surface area contributed by atoms with E-state index < -0.39 is 0 Å². The van der Waals surface area contributed by atoms with E-state index in [0.717, 1.165) is 11.1 Å². The van der Waals surface area contributed by atoms with Gasteiger partial charge >= 0.3 is 0 Å². The van der Waals surface area contributed by atoms with Crippen LogP contribution in [0.15, 0.2) is 30.3 Å². The summed E-state index contributed by atoms with van der Waals surface area (Å²) in [6, 6.07) is 10.3. The Hall–Kier alpha value is -1.76. The molecular formula is C16H18O. The lowest BCUT2D eigenvalue weighted by Gasteiger charge is -2.13. The van der Waals surface area contributed by atoms with Crippen molar-refractivity contribution in [1.29, 1.82) is 0 Å². The van der Waals surface area contributed by atoms with E-state index in [4.69, 9.17) is 0 Å². The van der Waals surface area contributed by atoms with Crippen LogP contribution < -0.4 is 0 Å². The fourth-order valence-electron chi connectivity index (χ4n) is 2.13. The van der Waals surface area contributed by atoms with Gasteiger partial charge in [0, 0.05) is 0 Å². The topological polar surface area (TPSA) is 20.2 Å². The minimum absolute atomic E-state index is 0.372. The van der Waals surface area contributed by atoms with Gasteiger partial charge in [0.1, 0.15) is 5.75 Å². The highest BCUT2D eigenvalue weighted by molar-refractivity contribution is 5.73. The average Bonchev–Trinajstić information content (AvgIpc) is 2.28. The molecule has 1 N–H and O–H groups in total. The van der Waals surface area contributed by atoms with Crippen LogP contribution >= 0.6 is 0 Å². The summed E-state index contributed by atoms with van der Waals surface area (Å²) in [5, 5.41) is 9.70. The molecule has 2 aromatic carbocycles. The third kappa shape index (κ3) is 2.05. The Morgan fingerprint density at radius 3 is 2.18 bits per heavy atom. The molecule has 0 bridgehead atoms. The van der Waals surface area contributed by atoms with Gasteiger partial charge in [0.25, 0.3) is 0 Å². The Morgan fingerprint density at radius 1 is 0.765 bits per heavy atom. The molecule has 0 aromatic heterocycles. The molecule has 0 aliphatic carbocycles. The van der Waals surface area contributed by atoms with Crippen LogP contribution in [-0.2, 0) is 0 Å². The number of rotatable bonds is 1. The van der Waals surface area contributed by atoms with Crippen molar-refractivity contribution < 1.29 is 5.11 Å². The molecule has 0 atom stereocenters. The molecule has 1 heteroatoms. The maximum Gasteiger partial charge on any atom is 0.118 e.